The fourth-order valence-corrected chi connectivity index (χ4v) is 3.46. The number of anilines is 2. The van der Waals surface area contributed by atoms with Gasteiger partial charge in [0.1, 0.15) is 0 Å². The van der Waals surface area contributed by atoms with Crippen molar-refractivity contribution in [3.8, 4) is 0 Å². The molecule has 0 bridgehead atoms. The van der Waals surface area contributed by atoms with Gasteiger partial charge in [0, 0.05) is 22.0 Å². The molecule has 0 saturated heterocycles. The van der Waals surface area contributed by atoms with Crippen molar-refractivity contribution in [3.05, 3.63) is 53.1 Å². The van der Waals surface area contributed by atoms with Crippen molar-refractivity contribution in [1.29, 1.82) is 0 Å². The lowest BCUT2D eigenvalue weighted by molar-refractivity contribution is -0.137. The summed E-state index contributed by atoms with van der Waals surface area (Å²) in [4.78, 5) is 24.7. The van der Waals surface area contributed by atoms with E-state index in [0.29, 0.717) is 12.1 Å². The maximum absolute atomic E-state index is 13.2. The number of rotatable bonds is 7. The fourth-order valence-electron chi connectivity index (χ4n) is 2.42. The van der Waals surface area contributed by atoms with E-state index < -0.39 is 22.9 Å². The highest BCUT2D eigenvalue weighted by atomic mass is 35.5. The molecule has 4 nitrogen and oxygen atoms in total. The lowest BCUT2D eigenvalue weighted by Crippen LogP contribution is -2.24. The number of carbonyl (C=O) groups excluding carboxylic acids is 2. The number of benzene rings is 2. The first-order chi connectivity index (χ1) is 13.6. The molecule has 2 amide bonds. The molecule has 0 heterocycles. The van der Waals surface area contributed by atoms with Crippen molar-refractivity contribution in [2.75, 3.05) is 10.6 Å². The number of halogens is 4. The van der Waals surface area contributed by atoms with Crippen LogP contribution in [0.15, 0.2) is 47.4 Å². The zero-order valence-electron chi connectivity index (χ0n) is 15.8. The van der Waals surface area contributed by atoms with Crippen LogP contribution in [0.4, 0.5) is 24.5 Å². The number of nitrogens with one attached hydrogen (secondary N) is 2. The van der Waals surface area contributed by atoms with Gasteiger partial charge in [-0.3, -0.25) is 9.59 Å². The lowest BCUT2D eigenvalue weighted by atomic mass is 10.1. The van der Waals surface area contributed by atoms with E-state index in [1.165, 1.54) is 17.8 Å². The van der Waals surface area contributed by atoms with Gasteiger partial charge in [0.25, 0.3) is 0 Å². The Morgan fingerprint density at radius 1 is 1.10 bits per heavy atom. The second-order valence-electron chi connectivity index (χ2n) is 6.26. The minimum absolute atomic E-state index is 0.0659. The molecule has 156 valence electrons. The molecule has 0 aromatic heterocycles. The number of hydrogen-bond donors (Lipinski definition) is 2. The molecular weight excluding hydrogens is 425 g/mol. The molecule has 0 aliphatic rings. The van der Waals surface area contributed by atoms with Gasteiger partial charge in [0.15, 0.2) is 0 Å². The van der Waals surface area contributed by atoms with Crippen LogP contribution in [0.2, 0.25) is 5.02 Å². The highest BCUT2D eigenvalue weighted by Gasteiger charge is 2.34. The first kappa shape index (κ1) is 23.1. The average molecular weight is 445 g/mol. The van der Waals surface area contributed by atoms with Crippen LogP contribution in [0.5, 0.6) is 0 Å². The number of carbonyl (C=O) groups is 2. The summed E-state index contributed by atoms with van der Waals surface area (Å²) in [6.07, 6.45) is -3.46. The molecule has 0 spiro atoms. The molecule has 0 aliphatic heterocycles. The summed E-state index contributed by atoms with van der Waals surface area (Å²) in [6, 6.07) is 10.1. The van der Waals surface area contributed by atoms with Gasteiger partial charge in [-0.1, -0.05) is 18.5 Å². The maximum Gasteiger partial charge on any atom is 0.418 e. The Morgan fingerprint density at radius 2 is 1.76 bits per heavy atom. The standard InChI is InChI=1S/C20H20ClF3N2O2S/c1-3-4-18(27)25-14-6-8-15(9-7-14)29-12(2)19(28)26-17-10-5-13(21)11-16(17)20(22,23)24/h5-12H,3-4H2,1-2H3,(H,25,27)(H,26,28). The number of hydrogen-bond acceptors (Lipinski definition) is 3. The minimum atomic E-state index is -4.64. The van der Waals surface area contributed by atoms with Crippen LogP contribution in [0.3, 0.4) is 0 Å². The van der Waals surface area contributed by atoms with E-state index >= 15 is 0 Å². The van der Waals surface area contributed by atoms with Crippen molar-refractivity contribution in [1.82, 2.24) is 0 Å². The molecule has 0 fully saturated rings. The van der Waals surface area contributed by atoms with Crippen LogP contribution < -0.4 is 10.6 Å². The summed E-state index contributed by atoms with van der Waals surface area (Å²) >= 11 is 6.84. The highest BCUT2D eigenvalue weighted by molar-refractivity contribution is 8.00. The van der Waals surface area contributed by atoms with Crippen molar-refractivity contribution in [2.45, 2.75) is 43.0 Å². The zero-order valence-corrected chi connectivity index (χ0v) is 17.3. The molecule has 29 heavy (non-hydrogen) atoms. The normalized spacial score (nSPS) is 12.3. The maximum atomic E-state index is 13.2. The van der Waals surface area contributed by atoms with Crippen LogP contribution in [-0.2, 0) is 15.8 Å². The van der Waals surface area contributed by atoms with Gasteiger partial charge < -0.3 is 10.6 Å². The lowest BCUT2D eigenvalue weighted by Gasteiger charge is -2.17. The molecule has 0 aliphatic carbocycles. The van der Waals surface area contributed by atoms with E-state index in [0.717, 1.165) is 23.4 Å². The van der Waals surface area contributed by atoms with Gasteiger partial charge in [-0.15, -0.1) is 11.8 Å². The fraction of sp³-hybridized carbons (Fsp3) is 0.300. The van der Waals surface area contributed by atoms with E-state index in [-0.39, 0.29) is 16.6 Å². The van der Waals surface area contributed by atoms with E-state index in [4.69, 9.17) is 11.6 Å². The average Bonchev–Trinajstić information content (AvgIpc) is 2.64. The predicted octanol–water partition coefficient (Wildman–Crippen LogP) is 6.22. The Hall–Kier alpha value is -2.19. The summed E-state index contributed by atoms with van der Waals surface area (Å²) < 4.78 is 39.5. The van der Waals surface area contributed by atoms with E-state index in [1.807, 2.05) is 6.92 Å². The number of thioether (sulfide) groups is 1. The van der Waals surface area contributed by atoms with Crippen LogP contribution in [0.1, 0.15) is 32.3 Å². The zero-order chi connectivity index (χ0) is 21.6. The molecule has 2 N–H and O–H groups in total. The molecular formula is C20H20ClF3N2O2S. The van der Waals surface area contributed by atoms with Crippen molar-refractivity contribution in [2.24, 2.45) is 0 Å². The van der Waals surface area contributed by atoms with Crippen LogP contribution >= 0.6 is 23.4 Å². The van der Waals surface area contributed by atoms with Gasteiger partial charge in [0.2, 0.25) is 11.8 Å². The van der Waals surface area contributed by atoms with Crippen molar-refractivity contribution in [3.63, 3.8) is 0 Å². The topological polar surface area (TPSA) is 58.2 Å². The molecule has 2 aromatic carbocycles. The van der Waals surface area contributed by atoms with Gasteiger partial charge in [-0.25, -0.2) is 0 Å². The predicted molar refractivity (Wildman–Crippen MR) is 110 cm³/mol. The molecule has 9 heteroatoms. The minimum Gasteiger partial charge on any atom is -0.326 e. The van der Waals surface area contributed by atoms with Crippen LogP contribution in [0, 0.1) is 0 Å². The Balaban J connectivity index is 2.02. The first-order valence-electron chi connectivity index (χ1n) is 8.84. The molecule has 2 aromatic rings. The van der Waals surface area contributed by atoms with Crippen molar-refractivity contribution >= 4 is 46.6 Å². The largest absolute Gasteiger partial charge is 0.418 e. The molecule has 2 rings (SSSR count). The smallest absolute Gasteiger partial charge is 0.326 e. The Morgan fingerprint density at radius 3 is 2.34 bits per heavy atom. The SMILES string of the molecule is CCCC(=O)Nc1ccc(SC(C)C(=O)Nc2ccc(Cl)cc2C(F)(F)F)cc1. The van der Waals surface area contributed by atoms with Crippen LogP contribution in [0.25, 0.3) is 0 Å². The Labute approximate surface area is 176 Å². The Bertz CT molecular complexity index is 873. The summed E-state index contributed by atoms with van der Waals surface area (Å²) in [5.41, 5.74) is -0.697. The van der Waals surface area contributed by atoms with Crippen LogP contribution in [-0.4, -0.2) is 17.1 Å². The van der Waals surface area contributed by atoms with Gasteiger partial charge in [0.05, 0.1) is 16.5 Å². The molecule has 0 radical (unpaired) electrons. The Kier molecular flexibility index (Phi) is 7.98. The van der Waals surface area contributed by atoms with E-state index in [9.17, 15) is 22.8 Å². The second-order valence-corrected chi connectivity index (χ2v) is 8.11. The number of alkyl halides is 3. The summed E-state index contributed by atoms with van der Waals surface area (Å²) in [6.45, 7) is 3.51. The molecule has 1 atom stereocenters. The quantitative estimate of drug-likeness (QED) is 0.498. The van der Waals surface area contributed by atoms with Crippen molar-refractivity contribution < 1.29 is 22.8 Å². The highest BCUT2D eigenvalue weighted by Crippen LogP contribution is 2.37. The summed E-state index contributed by atoms with van der Waals surface area (Å²) in [5.74, 6) is -0.646. The second kappa shape index (κ2) is 10.0. The number of amides is 2. The van der Waals surface area contributed by atoms with Gasteiger partial charge in [-0.2, -0.15) is 13.2 Å². The summed E-state index contributed by atoms with van der Waals surface area (Å²) in [7, 11) is 0. The monoisotopic (exact) mass is 444 g/mol. The third-order valence-electron chi connectivity index (χ3n) is 3.84. The third kappa shape index (κ3) is 6.97. The van der Waals surface area contributed by atoms with E-state index in [2.05, 4.69) is 10.6 Å². The summed E-state index contributed by atoms with van der Waals surface area (Å²) in [5, 5.41) is 4.37. The molecule has 0 saturated carbocycles. The van der Waals surface area contributed by atoms with Gasteiger partial charge in [-0.05, 0) is 55.8 Å². The van der Waals surface area contributed by atoms with E-state index in [1.54, 1.807) is 31.2 Å². The van der Waals surface area contributed by atoms with Gasteiger partial charge >= 0.3 is 6.18 Å². The first-order valence-corrected chi connectivity index (χ1v) is 10.1. The molecule has 1 unspecified atom stereocenters. The third-order valence-corrected chi connectivity index (χ3v) is 5.19.